The summed E-state index contributed by atoms with van der Waals surface area (Å²) < 4.78 is 0. The summed E-state index contributed by atoms with van der Waals surface area (Å²) in [7, 11) is 0. The van der Waals surface area contributed by atoms with Crippen molar-refractivity contribution in [1.29, 1.82) is 0 Å². The van der Waals surface area contributed by atoms with Crippen LogP contribution in [0.25, 0.3) is 0 Å². The van der Waals surface area contributed by atoms with Crippen LogP contribution < -0.4 is 0 Å². The molecule has 0 spiro atoms. The van der Waals surface area contributed by atoms with Crippen molar-refractivity contribution < 1.29 is 9.90 Å². The molecule has 0 aromatic heterocycles. The van der Waals surface area contributed by atoms with Crippen LogP contribution in [-0.2, 0) is 4.79 Å². The minimum absolute atomic E-state index is 0.335. The second-order valence-electron chi connectivity index (χ2n) is 6.48. The van der Waals surface area contributed by atoms with Crippen LogP contribution in [0.2, 0.25) is 0 Å². The zero-order valence-corrected chi connectivity index (χ0v) is 12.3. The summed E-state index contributed by atoms with van der Waals surface area (Å²) in [5, 5.41) is 9.03. The molecule has 1 heterocycles. The topological polar surface area (TPSA) is 43.8 Å². The Balaban J connectivity index is 1.70. The monoisotopic (exact) mass is 268 g/mol. The summed E-state index contributed by atoms with van der Waals surface area (Å²) in [6, 6.07) is -0.335. The highest BCUT2D eigenvalue weighted by Crippen LogP contribution is 2.29. The molecule has 1 aliphatic carbocycles. The van der Waals surface area contributed by atoms with E-state index in [1.54, 1.807) is 6.92 Å². The molecule has 19 heavy (non-hydrogen) atoms. The Hall–Kier alpha value is -0.610. The molecule has 110 valence electrons. The second kappa shape index (κ2) is 6.71. The van der Waals surface area contributed by atoms with Gasteiger partial charge in [-0.2, -0.15) is 0 Å². The third-order valence-electron chi connectivity index (χ3n) is 4.96. The van der Waals surface area contributed by atoms with Crippen LogP contribution in [-0.4, -0.2) is 59.6 Å². The van der Waals surface area contributed by atoms with Crippen molar-refractivity contribution >= 4 is 5.97 Å². The number of piperazine rings is 1. The highest BCUT2D eigenvalue weighted by molar-refractivity contribution is 5.72. The summed E-state index contributed by atoms with van der Waals surface area (Å²) in [5.41, 5.74) is 0. The van der Waals surface area contributed by atoms with Crippen LogP contribution in [0.15, 0.2) is 0 Å². The molecule has 0 aromatic rings. The van der Waals surface area contributed by atoms with Gasteiger partial charge in [0, 0.05) is 32.7 Å². The fourth-order valence-corrected chi connectivity index (χ4v) is 3.37. The highest BCUT2D eigenvalue weighted by atomic mass is 16.4. The fourth-order valence-electron chi connectivity index (χ4n) is 3.37. The van der Waals surface area contributed by atoms with Gasteiger partial charge in [-0.15, -0.1) is 0 Å². The molecule has 4 heteroatoms. The summed E-state index contributed by atoms with van der Waals surface area (Å²) in [4.78, 5) is 15.6. The number of carboxylic acids is 1. The molecule has 2 aliphatic rings. The van der Waals surface area contributed by atoms with E-state index in [0.29, 0.717) is 0 Å². The van der Waals surface area contributed by atoms with E-state index >= 15 is 0 Å². The first kappa shape index (κ1) is 14.8. The Morgan fingerprint density at radius 3 is 2.26 bits per heavy atom. The molecule has 1 atom stereocenters. The molecule has 2 fully saturated rings. The quantitative estimate of drug-likeness (QED) is 0.846. The Morgan fingerprint density at radius 1 is 1.16 bits per heavy atom. The van der Waals surface area contributed by atoms with Crippen LogP contribution in [0, 0.1) is 11.8 Å². The zero-order valence-electron chi connectivity index (χ0n) is 12.3. The van der Waals surface area contributed by atoms with Crippen LogP contribution in [0.5, 0.6) is 0 Å². The first-order valence-corrected chi connectivity index (χ1v) is 7.75. The Bertz CT molecular complexity index is 293. The van der Waals surface area contributed by atoms with Crippen molar-refractivity contribution in [3.05, 3.63) is 0 Å². The van der Waals surface area contributed by atoms with Gasteiger partial charge in [-0.1, -0.05) is 19.8 Å². The van der Waals surface area contributed by atoms with E-state index in [2.05, 4.69) is 16.7 Å². The second-order valence-corrected chi connectivity index (χ2v) is 6.48. The summed E-state index contributed by atoms with van der Waals surface area (Å²) in [6.45, 7) is 9.24. The Kier molecular flexibility index (Phi) is 5.22. The van der Waals surface area contributed by atoms with E-state index in [1.165, 1.54) is 32.2 Å². The molecule has 4 nitrogen and oxygen atoms in total. The molecular formula is C15H28N2O2. The van der Waals surface area contributed by atoms with Gasteiger partial charge in [-0.25, -0.2) is 0 Å². The summed E-state index contributed by atoms with van der Waals surface area (Å²) in [6.07, 6.45) is 5.54. The molecule has 1 aliphatic heterocycles. The third-order valence-corrected chi connectivity index (χ3v) is 4.96. The van der Waals surface area contributed by atoms with Crippen LogP contribution in [0.3, 0.4) is 0 Å². The standard InChI is InChI=1S/C15H28N2O2/c1-12-3-5-14(6-4-12)11-16-7-9-17(10-8-16)13(2)15(18)19/h12-14H,3-11H2,1-2H3,(H,18,19). The van der Waals surface area contributed by atoms with E-state index in [0.717, 1.165) is 38.0 Å². The number of carboxylic acid groups (broad SMARTS) is 1. The number of carbonyl (C=O) groups is 1. The summed E-state index contributed by atoms with van der Waals surface area (Å²) in [5.74, 6) is 1.10. The van der Waals surface area contributed by atoms with E-state index in [1.807, 2.05) is 0 Å². The average molecular weight is 268 g/mol. The molecule has 0 aromatic carbocycles. The van der Waals surface area contributed by atoms with Gasteiger partial charge in [0.15, 0.2) is 0 Å². The predicted octanol–water partition coefficient (Wildman–Crippen LogP) is 1.90. The Morgan fingerprint density at radius 2 is 1.74 bits per heavy atom. The summed E-state index contributed by atoms with van der Waals surface area (Å²) >= 11 is 0. The first-order valence-electron chi connectivity index (χ1n) is 7.75. The van der Waals surface area contributed by atoms with Gasteiger partial charge in [0.2, 0.25) is 0 Å². The number of nitrogens with zero attached hydrogens (tertiary/aromatic N) is 2. The van der Waals surface area contributed by atoms with Gasteiger partial charge in [0.05, 0.1) is 0 Å². The molecule has 1 N–H and O–H groups in total. The molecule has 1 saturated carbocycles. The van der Waals surface area contributed by atoms with Gasteiger partial charge in [0.1, 0.15) is 6.04 Å². The van der Waals surface area contributed by atoms with E-state index in [4.69, 9.17) is 5.11 Å². The SMILES string of the molecule is CC1CCC(CN2CCN(C(C)C(=O)O)CC2)CC1. The number of hydrogen-bond acceptors (Lipinski definition) is 3. The van der Waals surface area contributed by atoms with Crippen LogP contribution >= 0.6 is 0 Å². The molecule has 0 amide bonds. The highest BCUT2D eigenvalue weighted by Gasteiger charge is 2.27. The number of hydrogen-bond donors (Lipinski definition) is 1. The van der Waals surface area contributed by atoms with Gasteiger partial charge >= 0.3 is 5.97 Å². The van der Waals surface area contributed by atoms with Crippen molar-refractivity contribution in [1.82, 2.24) is 9.80 Å². The van der Waals surface area contributed by atoms with E-state index in [-0.39, 0.29) is 6.04 Å². The van der Waals surface area contributed by atoms with Crippen molar-refractivity contribution in [3.8, 4) is 0 Å². The minimum atomic E-state index is -0.699. The lowest BCUT2D eigenvalue weighted by molar-refractivity contribution is -0.143. The maximum atomic E-state index is 11.0. The lowest BCUT2D eigenvalue weighted by Crippen LogP contribution is -2.52. The average Bonchev–Trinajstić information content (AvgIpc) is 2.41. The first-order chi connectivity index (χ1) is 9.06. The largest absolute Gasteiger partial charge is 0.480 e. The lowest BCUT2D eigenvalue weighted by Gasteiger charge is -2.39. The molecule has 1 saturated heterocycles. The van der Waals surface area contributed by atoms with Crippen molar-refractivity contribution in [2.24, 2.45) is 11.8 Å². The molecular weight excluding hydrogens is 240 g/mol. The van der Waals surface area contributed by atoms with Crippen molar-refractivity contribution in [3.63, 3.8) is 0 Å². The lowest BCUT2D eigenvalue weighted by atomic mass is 9.83. The number of aliphatic carboxylic acids is 1. The Labute approximate surface area is 116 Å². The van der Waals surface area contributed by atoms with Crippen LogP contribution in [0.4, 0.5) is 0 Å². The fraction of sp³-hybridized carbons (Fsp3) is 0.933. The predicted molar refractivity (Wildman–Crippen MR) is 76.2 cm³/mol. The van der Waals surface area contributed by atoms with Crippen molar-refractivity contribution in [2.45, 2.75) is 45.6 Å². The molecule has 2 rings (SSSR count). The number of rotatable bonds is 4. The van der Waals surface area contributed by atoms with Gasteiger partial charge in [-0.05, 0) is 31.6 Å². The smallest absolute Gasteiger partial charge is 0.320 e. The zero-order chi connectivity index (χ0) is 13.8. The van der Waals surface area contributed by atoms with Crippen molar-refractivity contribution in [2.75, 3.05) is 32.7 Å². The maximum Gasteiger partial charge on any atom is 0.320 e. The maximum absolute atomic E-state index is 11.0. The van der Waals surface area contributed by atoms with Gasteiger partial charge in [0.25, 0.3) is 0 Å². The van der Waals surface area contributed by atoms with Gasteiger partial charge < -0.3 is 10.0 Å². The van der Waals surface area contributed by atoms with E-state index in [9.17, 15) is 4.79 Å². The van der Waals surface area contributed by atoms with Crippen LogP contribution in [0.1, 0.15) is 39.5 Å². The van der Waals surface area contributed by atoms with Gasteiger partial charge in [-0.3, -0.25) is 9.69 Å². The third kappa shape index (κ3) is 4.18. The normalized spacial score (nSPS) is 32.1. The van der Waals surface area contributed by atoms with E-state index < -0.39 is 5.97 Å². The molecule has 1 unspecified atom stereocenters. The minimum Gasteiger partial charge on any atom is -0.480 e. The molecule has 0 radical (unpaired) electrons. The molecule has 0 bridgehead atoms.